The van der Waals surface area contributed by atoms with E-state index in [0.29, 0.717) is 24.3 Å². The summed E-state index contributed by atoms with van der Waals surface area (Å²) < 4.78 is 148. The largest absolute Gasteiger partial charge is 0.417 e. The first kappa shape index (κ1) is 33.1. The van der Waals surface area contributed by atoms with E-state index in [1.165, 1.54) is 0 Å². The molecular formula is C23H15Cl2F11N2O2. The fourth-order valence-corrected chi connectivity index (χ4v) is 3.75. The summed E-state index contributed by atoms with van der Waals surface area (Å²) in [7, 11) is 0.731. The number of hydrogen-bond acceptors (Lipinski definition) is 2. The molecule has 0 saturated carbocycles. The van der Waals surface area contributed by atoms with Gasteiger partial charge in [0.15, 0.2) is 5.82 Å². The second kappa shape index (κ2) is 12.2. The zero-order valence-electron chi connectivity index (χ0n) is 19.6. The molecule has 4 nitrogen and oxygen atoms in total. The monoisotopic (exact) mass is 630 g/mol. The Bertz CT molecular complexity index is 1280. The Balaban J connectivity index is 2.42. The molecule has 0 aliphatic carbocycles. The van der Waals surface area contributed by atoms with E-state index in [1.807, 2.05) is 0 Å². The Morgan fingerprint density at radius 3 is 2.00 bits per heavy atom. The molecule has 0 bridgehead atoms. The number of amides is 2. The summed E-state index contributed by atoms with van der Waals surface area (Å²) in [6, 6.07) is 1.97. The Labute approximate surface area is 228 Å². The van der Waals surface area contributed by atoms with Gasteiger partial charge in [-0.05, 0) is 35.9 Å². The van der Waals surface area contributed by atoms with Gasteiger partial charge in [0.2, 0.25) is 5.91 Å². The zero-order valence-corrected chi connectivity index (χ0v) is 21.1. The first-order valence-corrected chi connectivity index (χ1v) is 11.3. The topological polar surface area (TPSA) is 49.4 Å². The summed E-state index contributed by atoms with van der Waals surface area (Å²) in [6.07, 6.45) is -15.5. The van der Waals surface area contributed by atoms with Crippen molar-refractivity contribution in [1.29, 1.82) is 0 Å². The van der Waals surface area contributed by atoms with Crippen LogP contribution in [-0.4, -0.2) is 49.2 Å². The molecule has 0 spiro atoms. The smallest absolute Gasteiger partial charge is 0.343 e. The van der Waals surface area contributed by atoms with E-state index in [4.69, 9.17) is 23.2 Å². The molecule has 220 valence electrons. The van der Waals surface area contributed by atoms with Crippen LogP contribution in [0.1, 0.15) is 33.0 Å². The number of halogens is 13. The minimum atomic E-state index is -5.36. The van der Waals surface area contributed by atoms with Gasteiger partial charge in [0.25, 0.3) is 5.91 Å². The normalized spacial score (nSPS) is 13.7. The average molecular weight is 631 g/mol. The maximum absolute atomic E-state index is 14.9. The molecule has 40 heavy (non-hydrogen) atoms. The lowest BCUT2D eigenvalue weighted by Gasteiger charge is -2.20. The maximum Gasteiger partial charge on any atom is 0.417 e. The van der Waals surface area contributed by atoms with Crippen molar-refractivity contribution in [2.75, 3.05) is 20.1 Å². The number of benzene rings is 2. The molecule has 1 atom stereocenters. The van der Waals surface area contributed by atoms with Crippen molar-refractivity contribution in [3.63, 3.8) is 0 Å². The Hall–Kier alpha value is -3.07. The summed E-state index contributed by atoms with van der Waals surface area (Å²) in [5.74, 6) is -8.79. The summed E-state index contributed by atoms with van der Waals surface area (Å²) in [5.41, 5.74) is -4.89. The molecule has 2 aromatic carbocycles. The van der Waals surface area contributed by atoms with Crippen molar-refractivity contribution in [2.45, 2.75) is 24.4 Å². The highest BCUT2D eigenvalue weighted by atomic mass is 35.5. The maximum atomic E-state index is 14.9. The quantitative estimate of drug-likeness (QED) is 0.254. The van der Waals surface area contributed by atoms with Crippen molar-refractivity contribution in [3.05, 3.63) is 74.5 Å². The van der Waals surface area contributed by atoms with Gasteiger partial charge in [-0.3, -0.25) is 9.59 Å². The Morgan fingerprint density at radius 1 is 0.975 bits per heavy atom. The van der Waals surface area contributed by atoms with Crippen LogP contribution in [0.25, 0.3) is 5.83 Å². The van der Waals surface area contributed by atoms with E-state index in [-0.39, 0.29) is 17.0 Å². The molecular weight excluding hydrogens is 616 g/mol. The minimum absolute atomic E-state index is 0.0242. The molecule has 1 N–H and O–H groups in total. The summed E-state index contributed by atoms with van der Waals surface area (Å²) >= 11 is 11.0. The summed E-state index contributed by atoms with van der Waals surface area (Å²) in [6.45, 7) is -2.83. The number of carbonyl (C=O) groups is 2. The standard InChI is InChI=1S/C23H15Cl2F11N2O2/c1-38(9-21(28,29)30)18(39)8-37-20(40)12-3-2-10(4-14(12)23(34,35)36)17(26)7-13(22(31,32)33)11-5-15(24)19(27)16(25)6-11/h2-7,13H,8-9H2,1H3,(H,37,40). The van der Waals surface area contributed by atoms with Gasteiger partial charge in [0.1, 0.15) is 18.3 Å². The molecule has 1 unspecified atom stereocenters. The Morgan fingerprint density at radius 2 is 1.52 bits per heavy atom. The number of nitrogens with one attached hydrogen (secondary N) is 1. The van der Waals surface area contributed by atoms with Crippen LogP contribution in [-0.2, 0) is 11.0 Å². The van der Waals surface area contributed by atoms with Gasteiger partial charge >= 0.3 is 18.5 Å². The lowest BCUT2D eigenvalue weighted by atomic mass is 9.95. The average Bonchev–Trinajstić information content (AvgIpc) is 2.80. The van der Waals surface area contributed by atoms with Gasteiger partial charge in [-0.15, -0.1) is 0 Å². The van der Waals surface area contributed by atoms with Gasteiger partial charge in [0, 0.05) is 12.6 Å². The minimum Gasteiger partial charge on any atom is -0.343 e. The molecule has 2 rings (SSSR count). The van der Waals surface area contributed by atoms with Crippen molar-refractivity contribution < 1.29 is 57.9 Å². The Kier molecular flexibility index (Phi) is 10.1. The molecule has 2 aromatic rings. The third-order valence-corrected chi connectivity index (χ3v) is 5.67. The van der Waals surface area contributed by atoms with E-state index in [2.05, 4.69) is 0 Å². The molecule has 0 aliphatic heterocycles. The van der Waals surface area contributed by atoms with Crippen LogP contribution in [0.15, 0.2) is 36.4 Å². The SMILES string of the molecule is CN(CC(F)(F)F)C(=O)CNC(=O)c1ccc(C(F)=CC(c2cc(Cl)c(F)c(Cl)c2)C(F)(F)F)cc1C(F)(F)F. The van der Waals surface area contributed by atoms with Crippen LogP contribution in [0.2, 0.25) is 10.0 Å². The van der Waals surface area contributed by atoms with Crippen molar-refractivity contribution in [3.8, 4) is 0 Å². The number of alkyl halides is 9. The van der Waals surface area contributed by atoms with Crippen molar-refractivity contribution in [2.24, 2.45) is 0 Å². The van der Waals surface area contributed by atoms with Gasteiger partial charge < -0.3 is 10.2 Å². The third-order valence-electron chi connectivity index (χ3n) is 5.12. The van der Waals surface area contributed by atoms with Gasteiger partial charge in [0.05, 0.1) is 27.7 Å². The molecule has 0 heterocycles. The molecule has 0 aliphatic rings. The fraction of sp³-hybridized carbons (Fsp3) is 0.304. The molecule has 0 saturated heterocycles. The highest BCUT2D eigenvalue weighted by Gasteiger charge is 2.41. The zero-order chi connectivity index (χ0) is 30.8. The number of rotatable bonds is 7. The van der Waals surface area contributed by atoms with Crippen LogP contribution >= 0.6 is 23.2 Å². The van der Waals surface area contributed by atoms with E-state index >= 15 is 0 Å². The molecule has 17 heteroatoms. The van der Waals surface area contributed by atoms with Crippen LogP contribution in [0.4, 0.5) is 48.3 Å². The van der Waals surface area contributed by atoms with E-state index in [1.54, 1.807) is 5.32 Å². The summed E-state index contributed by atoms with van der Waals surface area (Å²) in [4.78, 5) is 24.2. The van der Waals surface area contributed by atoms with E-state index < -0.39 is 93.3 Å². The molecule has 0 aromatic heterocycles. The number of allylic oxidation sites excluding steroid dienone is 1. The highest BCUT2D eigenvalue weighted by molar-refractivity contribution is 6.35. The van der Waals surface area contributed by atoms with Gasteiger partial charge in [-0.1, -0.05) is 29.3 Å². The molecule has 0 fully saturated rings. The first-order chi connectivity index (χ1) is 18.1. The molecule has 0 radical (unpaired) electrons. The second-order valence-electron chi connectivity index (χ2n) is 8.14. The number of likely N-dealkylation sites (N-methyl/N-ethyl adjacent to an activating group) is 1. The van der Waals surface area contributed by atoms with Gasteiger partial charge in [-0.25, -0.2) is 8.78 Å². The lowest BCUT2D eigenvalue weighted by Crippen LogP contribution is -2.42. The van der Waals surface area contributed by atoms with Crippen LogP contribution in [0.5, 0.6) is 0 Å². The number of nitrogens with zero attached hydrogens (tertiary/aromatic N) is 1. The summed E-state index contributed by atoms with van der Waals surface area (Å²) in [5, 5.41) is 0.0446. The number of carbonyl (C=O) groups excluding carboxylic acids is 2. The first-order valence-electron chi connectivity index (χ1n) is 10.5. The number of hydrogen-bond donors (Lipinski definition) is 1. The predicted molar refractivity (Wildman–Crippen MR) is 122 cm³/mol. The van der Waals surface area contributed by atoms with Crippen LogP contribution in [0.3, 0.4) is 0 Å². The highest BCUT2D eigenvalue weighted by Crippen LogP contribution is 2.41. The lowest BCUT2D eigenvalue weighted by molar-refractivity contribution is -0.157. The van der Waals surface area contributed by atoms with Crippen LogP contribution < -0.4 is 5.32 Å². The predicted octanol–water partition coefficient (Wildman–Crippen LogP) is 7.56. The van der Waals surface area contributed by atoms with E-state index in [9.17, 15) is 57.9 Å². The van der Waals surface area contributed by atoms with Crippen LogP contribution in [0, 0.1) is 5.82 Å². The van der Waals surface area contributed by atoms with Crippen molar-refractivity contribution in [1.82, 2.24) is 10.2 Å². The second-order valence-corrected chi connectivity index (χ2v) is 8.95. The van der Waals surface area contributed by atoms with Crippen molar-refractivity contribution >= 4 is 40.8 Å². The molecule has 2 amide bonds. The third kappa shape index (κ3) is 8.71. The van der Waals surface area contributed by atoms with Gasteiger partial charge in [-0.2, -0.15) is 39.5 Å². The van der Waals surface area contributed by atoms with E-state index in [0.717, 1.165) is 7.05 Å². The fourth-order valence-electron chi connectivity index (χ4n) is 3.25.